The Kier molecular flexibility index (Phi) is 2.37. The average molecular weight is 217 g/mol. The van der Waals surface area contributed by atoms with Crippen LogP contribution >= 0.6 is 11.6 Å². The van der Waals surface area contributed by atoms with Gasteiger partial charge in [-0.1, -0.05) is 0 Å². The van der Waals surface area contributed by atoms with Crippen molar-refractivity contribution in [1.29, 1.82) is 0 Å². The van der Waals surface area contributed by atoms with Crippen molar-refractivity contribution in [2.75, 3.05) is 0 Å². The quantitative estimate of drug-likeness (QED) is 0.767. The molecule has 0 bridgehead atoms. The molecule has 74 valence electrons. The molecule has 0 saturated heterocycles. The van der Waals surface area contributed by atoms with Crippen molar-refractivity contribution >= 4 is 22.6 Å². The molecule has 0 spiro atoms. The van der Waals surface area contributed by atoms with Crippen molar-refractivity contribution in [2.45, 2.75) is 12.3 Å². The number of aromatic nitrogens is 2. The predicted molar refractivity (Wildman–Crippen MR) is 50.6 cm³/mol. The normalized spacial score (nSPS) is 11.4. The van der Waals surface area contributed by atoms with Crippen molar-refractivity contribution in [3.8, 4) is 0 Å². The third kappa shape index (κ3) is 1.46. The molecule has 0 unspecified atom stereocenters. The summed E-state index contributed by atoms with van der Waals surface area (Å²) < 4.78 is 24.9. The maximum absolute atomic E-state index is 12.4. The minimum atomic E-state index is -2.48. The number of nitrogens with one attached hydrogen (secondary N) is 1. The molecule has 1 aromatic carbocycles. The molecule has 14 heavy (non-hydrogen) atoms. The summed E-state index contributed by atoms with van der Waals surface area (Å²) in [4.78, 5) is 6.79. The van der Waals surface area contributed by atoms with Crippen molar-refractivity contribution in [3.05, 3.63) is 29.6 Å². The highest BCUT2D eigenvalue weighted by Crippen LogP contribution is 2.26. The fraction of sp³-hybridized carbons (Fsp3) is 0.222. The van der Waals surface area contributed by atoms with E-state index >= 15 is 0 Å². The number of hydrogen-bond acceptors (Lipinski definition) is 1. The molecular formula is C9H7ClF2N2. The first kappa shape index (κ1) is 9.40. The molecule has 0 saturated carbocycles. The molecule has 1 N–H and O–H groups in total. The van der Waals surface area contributed by atoms with Gasteiger partial charge in [-0.15, -0.1) is 11.6 Å². The molecule has 0 aliphatic carbocycles. The molecule has 0 amide bonds. The molecule has 5 heteroatoms. The van der Waals surface area contributed by atoms with Crippen LogP contribution in [0.4, 0.5) is 8.78 Å². The van der Waals surface area contributed by atoms with Crippen LogP contribution in [0.2, 0.25) is 0 Å². The monoisotopic (exact) mass is 216 g/mol. The first-order chi connectivity index (χ1) is 6.72. The molecule has 1 aromatic heterocycles. The van der Waals surface area contributed by atoms with Gasteiger partial charge in [-0.05, 0) is 17.7 Å². The fourth-order valence-corrected chi connectivity index (χ4v) is 1.58. The van der Waals surface area contributed by atoms with Crippen molar-refractivity contribution < 1.29 is 8.78 Å². The summed E-state index contributed by atoms with van der Waals surface area (Å²) >= 11 is 5.64. The van der Waals surface area contributed by atoms with E-state index in [1.165, 1.54) is 18.5 Å². The summed E-state index contributed by atoms with van der Waals surface area (Å²) in [7, 11) is 0. The van der Waals surface area contributed by atoms with E-state index < -0.39 is 6.43 Å². The zero-order valence-corrected chi connectivity index (χ0v) is 7.85. The minimum Gasteiger partial charge on any atom is -0.345 e. The molecule has 0 radical (unpaired) electrons. The van der Waals surface area contributed by atoms with Crippen LogP contribution in [0.5, 0.6) is 0 Å². The molecular weight excluding hydrogens is 210 g/mol. The standard InChI is InChI=1S/C9H7ClF2N2/c10-3-6-1-5(9(11)12)2-7-8(6)14-4-13-7/h1-2,4,9H,3H2,(H,13,14). The Morgan fingerprint density at radius 3 is 2.86 bits per heavy atom. The van der Waals surface area contributed by atoms with Crippen LogP contribution < -0.4 is 0 Å². The molecule has 2 rings (SSSR count). The largest absolute Gasteiger partial charge is 0.345 e. The van der Waals surface area contributed by atoms with E-state index in [-0.39, 0.29) is 11.4 Å². The van der Waals surface area contributed by atoms with Crippen LogP contribution in [0.25, 0.3) is 11.0 Å². The summed E-state index contributed by atoms with van der Waals surface area (Å²) in [5, 5.41) is 0. The number of rotatable bonds is 2. The van der Waals surface area contributed by atoms with Gasteiger partial charge in [-0.3, -0.25) is 0 Å². The first-order valence-corrected chi connectivity index (χ1v) is 4.56. The molecule has 0 atom stereocenters. The van der Waals surface area contributed by atoms with Gasteiger partial charge < -0.3 is 4.98 Å². The van der Waals surface area contributed by atoms with Crippen molar-refractivity contribution in [1.82, 2.24) is 9.97 Å². The summed E-state index contributed by atoms with van der Waals surface area (Å²) in [6.45, 7) is 0. The van der Waals surface area contributed by atoms with Gasteiger partial charge in [0.15, 0.2) is 0 Å². The van der Waals surface area contributed by atoms with Crippen LogP contribution in [0.3, 0.4) is 0 Å². The maximum atomic E-state index is 12.4. The lowest BCUT2D eigenvalue weighted by molar-refractivity contribution is 0.151. The number of hydrogen-bond donors (Lipinski definition) is 1. The number of imidazole rings is 1. The Morgan fingerprint density at radius 2 is 2.21 bits per heavy atom. The lowest BCUT2D eigenvalue weighted by Crippen LogP contribution is -1.89. The highest BCUT2D eigenvalue weighted by atomic mass is 35.5. The van der Waals surface area contributed by atoms with Gasteiger partial charge in [0, 0.05) is 11.4 Å². The number of aromatic amines is 1. The lowest BCUT2D eigenvalue weighted by atomic mass is 10.1. The second-order valence-corrected chi connectivity index (χ2v) is 3.18. The van der Waals surface area contributed by atoms with E-state index in [0.717, 1.165) is 0 Å². The second-order valence-electron chi connectivity index (χ2n) is 2.91. The predicted octanol–water partition coefficient (Wildman–Crippen LogP) is 3.24. The number of alkyl halides is 3. The summed E-state index contributed by atoms with van der Waals surface area (Å²) in [5.74, 6) is 0.182. The van der Waals surface area contributed by atoms with Gasteiger partial charge in [-0.2, -0.15) is 0 Å². The maximum Gasteiger partial charge on any atom is 0.263 e. The highest BCUT2D eigenvalue weighted by Gasteiger charge is 2.12. The molecule has 0 fully saturated rings. The average Bonchev–Trinajstić information content (AvgIpc) is 2.63. The zero-order chi connectivity index (χ0) is 10.1. The summed E-state index contributed by atoms with van der Waals surface area (Å²) in [5.41, 5.74) is 1.85. The number of halogens is 3. The van der Waals surface area contributed by atoms with Gasteiger partial charge in [0.05, 0.1) is 17.4 Å². The summed E-state index contributed by atoms with van der Waals surface area (Å²) in [6, 6.07) is 2.78. The van der Waals surface area contributed by atoms with Crippen molar-refractivity contribution in [2.24, 2.45) is 0 Å². The Morgan fingerprint density at radius 1 is 1.43 bits per heavy atom. The van der Waals surface area contributed by atoms with Gasteiger partial charge in [0.1, 0.15) is 0 Å². The Labute approximate surface area is 83.9 Å². The molecule has 0 aliphatic rings. The third-order valence-electron chi connectivity index (χ3n) is 2.02. The van der Waals surface area contributed by atoms with E-state index in [1.54, 1.807) is 0 Å². The van der Waals surface area contributed by atoms with Crippen LogP contribution in [-0.2, 0) is 5.88 Å². The van der Waals surface area contributed by atoms with Crippen molar-refractivity contribution in [3.63, 3.8) is 0 Å². The Hall–Kier alpha value is -1.16. The van der Waals surface area contributed by atoms with E-state index in [9.17, 15) is 8.78 Å². The highest BCUT2D eigenvalue weighted by molar-refractivity contribution is 6.17. The Balaban J connectivity index is 2.67. The van der Waals surface area contributed by atoms with Gasteiger partial charge in [0.2, 0.25) is 0 Å². The van der Waals surface area contributed by atoms with Crippen LogP contribution in [0, 0.1) is 0 Å². The van der Waals surface area contributed by atoms with Crippen LogP contribution in [0.15, 0.2) is 18.5 Å². The fourth-order valence-electron chi connectivity index (χ4n) is 1.38. The summed E-state index contributed by atoms with van der Waals surface area (Å²) in [6.07, 6.45) is -1.01. The van der Waals surface area contributed by atoms with E-state index in [1.807, 2.05) is 0 Å². The number of nitrogens with zero attached hydrogens (tertiary/aromatic N) is 1. The lowest BCUT2D eigenvalue weighted by Gasteiger charge is -2.03. The topological polar surface area (TPSA) is 28.7 Å². The molecule has 2 nitrogen and oxygen atoms in total. The van der Waals surface area contributed by atoms with Gasteiger partial charge in [-0.25, -0.2) is 13.8 Å². The van der Waals surface area contributed by atoms with Gasteiger partial charge >= 0.3 is 0 Å². The van der Waals surface area contributed by atoms with Crippen LogP contribution in [-0.4, -0.2) is 9.97 Å². The SMILES string of the molecule is FC(F)c1cc(CCl)c2nc[nH]c2c1. The minimum absolute atomic E-state index is 0.0302. The first-order valence-electron chi connectivity index (χ1n) is 4.02. The molecule has 0 aliphatic heterocycles. The number of fused-ring (bicyclic) bond motifs is 1. The third-order valence-corrected chi connectivity index (χ3v) is 2.31. The molecule has 1 heterocycles. The zero-order valence-electron chi connectivity index (χ0n) is 7.10. The molecule has 2 aromatic rings. The van der Waals surface area contributed by atoms with E-state index in [4.69, 9.17) is 11.6 Å². The van der Waals surface area contributed by atoms with Gasteiger partial charge in [0.25, 0.3) is 6.43 Å². The number of H-pyrrole nitrogens is 1. The van der Waals surface area contributed by atoms with E-state index in [2.05, 4.69) is 9.97 Å². The number of benzene rings is 1. The Bertz CT molecular complexity index is 453. The smallest absolute Gasteiger partial charge is 0.263 e. The van der Waals surface area contributed by atoms with Crippen LogP contribution in [0.1, 0.15) is 17.6 Å². The second kappa shape index (κ2) is 3.53. The van der Waals surface area contributed by atoms with E-state index in [0.29, 0.717) is 16.6 Å².